The van der Waals surface area contributed by atoms with Crippen molar-refractivity contribution in [1.82, 2.24) is 19.5 Å². The molecule has 0 fully saturated rings. The average Bonchev–Trinajstić information content (AvgIpc) is 3.10. The minimum Gasteiger partial charge on any atom is -0.361 e. The molecule has 0 amide bonds. The minimum absolute atomic E-state index is 0.118. The Morgan fingerprint density at radius 2 is 1.59 bits per heavy atom. The topological polar surface area (TPSA) is 58.9 Å². The molecule has 32 heavy (non-hydrogen) atoms. The number of halogens is 3. The van der Waals surface area contributed by atoms with Crippen molar-refractivity contribution < 1.29 is 13.2 Å². The number of aromatic nitrogens is 4. The number of nitrogens with one attached hydrogen (secondary N) is 1. The highest BCUT2D eigenvalue weighted by molar-refractivity contribution is 5.86. The Balaban J connectivity index is 1.85. The van der Waals surface area contributed by atoms with E-state index < -0.39 is 12.0 Å². The monoisotopic (exact) mass is 440 g/mol. The van der Waals surface area contributed by atoms with Crippen LogP contribution >= 0.6 is 0 Å². The first kappa shape index (κ1) is 21.6. The molecule has 166 valence electrons. The maximum absolute atomic E-state index is 13.5. The second-order valence-electron chi connectivity index (χ2n) is 7.78. The first-order valence-corrected chi connectivity index (χ1v) is 10.1. The molecule has 4 rings (SSSR count). The summed E-state index contributed by atoms with van der Waals surface area (Å²) in [7, 11) is 3.27. The number of imidazole rings is 1. The number of hydrogen-bond acceptors (Lipinski definition) is 5. The predicted octanol–water partition coefficient (Wildman–Crippen LogP) is 4.88. The van der Waals surface area contributed by atoms with Crippen LogP contribution in [-0.2, 0) is 19.3 Å². The molecule has 0 radical (unpaired) electrons. The van der Waals surface area contributed by atoms with Crippen LogP contribution in [0.15, 0.2) is 54.6 Å². The zero-order chi connectivity index (χ0) is 22.9. The van der Waals surface area contributed by atoms with E-state index in [0.717, 1.165) is 16.7 Å². The van der Waals surface area contributed by atoms with Crippen LogP contribution in [0.5, 0.6) is 0 Å². The maximum atomic E-state index is 13.5. The number of fused-ring (bicyclic) bond motifs is 1. The third-order valence-electron chi connectivity index (χ3n) is 5.01. The molecule has 1 N–H and O–H groups in total. The van der Waals surface area contributed by atoms with E-state index in [1.54, 1.807) is 18.7 Å². The zero-order valence-corrected chi connectivity index (χ0v) is 18.0. The van der Waals surface area contributed by atoms with Crippen molar-refractivity contribution in [3.63, 3.8) is 0 Å². The highest BCUT2D eigenvalue weighted by Crippen LogP contribution is 2.32. The number of nitrogens with zero attached hydrogens (tertiary/aromatic N) is 5. The van der Waals surface area contributed by atoms with Crippen molar-refractivity contribution in [3.8, 4) is 0 Å². The Bertz CT molecular complexity index is 1210. The molecule has 2 aromatic heterocycles. The van der Waals surface area contributed by atoms with Gasteiger partial charge in [-0.1, -0.05) is 60.2 Å². The highest BCUT2D eigenvalue weighted by atomic mass is 19.4. The summed E-state index contributed by atoms with van der Waals surface area (Å²) in [5.41, 5.74) is 3.49. The van der Waals surface area contributed by atoms with E-state index in [1.807, 2.05) is 61.5 Å². The molecule has 0 aliphatic carbocycles. The fraction of sp³-hybridized carbons (Fsp3) is 0.261. The molecule has 2 aromatic carbocycles. The molecule has 2 heterocycles. The first-order valence-electron chi connectivity index (χ1n) is 10.1. The van der Waals surface area contributed by atoms with Gasteiger partial charge in [-0.25, -0.2) is 15.0 Å². The maximum Gasteiger partial charge on any atom is 0.451 e. The van der Waals surface area contributed by atoms with Gasteiger partial charge in [0.25, 0.3) is 0 Å². The van der Waals surface area contributed by atoms with Crippen molar-refractivity contribution in [3.05, 3.63) is 77.1 Å². The van der Waals surface area contributed by atoms with Gasteiger partial charge in [0.1, 0.15) is 0 Å². The fourth-order valence-corrected chi connectivity index (χ4v) is 3.36. The van der Waals surface area contributed by atoms with Gasteiger partial charge in [0.15, 0.2) is 17.0 Å². The molecule has 0 spiro atoms. The standard InChI is InChI=1S/C23H23F3N6/c1-15-9-11-17(12-10-15)14-32-20-18(19(31(2)3)29-21(30-20)23(24,25)26)28-22(32)27-13-16-7-5-4-6-8-16/h4-12H,13-14H2,1-3H3,(H,27,28). The Labute approximate surface area is 183 Å². The number of benzene rings is 2. The number of aryl methyl sites for hydroxylation is 1. The lowest BCUT2D eigenvalue weighted by Gasteiger charge is -2.15. The van der Waals surface area contributed by atoms with Gasteiger partial charge in [0.2, 0.25) is 11.8 Å². The zero-order valence-electron chi connectivity index (χ0n) is 18.0. The van der Waals surface area contributed by atoms with Gasteiger partial charge in [0.05, 0.1) is 6.54 Å². The Kier molecular flexibility index (Phi) is 5.73. The van der Waals surface area contributed by atoms with E-state index in [-0.39, 0.29) is 11.5 Å². The summed E-state index contributed by atoms with van der Waals surface area (Å²) >= 11 is 0. The van der Waals surface area contributed by atoms with Gasteiger partial charge in [-0.05, 0) is 18.1 Å². The van der Waals surface area contributed by atoms with E-state index in [9.17, 15) is 13.2 Å². The number of rotatable bonds is 6. The Morgan fingerprint density at radius 1 is 0.906 bits per heavy atom. The summed E-state index contributed by atoms with van der Waals surface area (Å²) in [6.45, 7) is 2.76. The van der Waals surface area contributed by atoms with E-state index >= 15 is 0 Å². The van der Waals surface area contributed by atoms with E-state index in [4.69, 9.17) is 0 Å². The van der Waals surface area contributed by atoms with Crippen molar-refractivity contribution in [2.24, 2.45) is 0 Å². The molecule has 0 saturated heterocycles. The molecule has 0 saturated carbocycles. The van der Waals surface area contributed by atoms with Crippen molar-refractivity contribution in [2.45, 2.75) is 26.2 Å². The molecule has 0 aliphatic heterocycles. The quantitative estimate of drug-likeness (QED) is 0.463. The summed E-state index contributed by atoms with van der Waals surface area (Å²) in [6, 6.07) is 17.5. The largest absolute Gasteiger partial charge is 0.451 e. The minimum atomic E-state index is -4.67. The summed E-state index contributed by atoms with van der Waals surface area (Å²) in [4.78, 5) is 13.7. The molecule has 9 heteroatoms. The van der Waals surface area contributed by atoms with Crippen LogP contribution in [0.25, 0.3) is 11.2 Å². The van der Waals surface area contributed by atoms with E-state index in [0.29, 0.717) is 24.6 Å². The van der Waals surface area contributed by atoms with Crippen LogP contribution in [0.2, 0.25) is 0 Å². The molecular weight excluding hydrogens is 417 g/mol. The SMILES string of the molecule is Cc1ccc(Cn2c(NCc3ccccc3)nc3c(N(C)C)nc(C(F)(F)F)nc32)cc1. The second-order valence-corrected chi connectivity index (χ2v) is 7.78. The average molecular weight is 440 g/mol. The van der Waals surface area contributed by atoms with Gasteiger partial charge in [-0.15, -0.1) is 0 Å². The van der Waals surface area contributed by atoms with Gasteiger partial charge < -0.3 is 10.2 Å². The lowest BCUT2D eigenvalue weighted by molar-refractivity contribution is -0.144. The summed E-state index contributed by atoms with van der Waals surface area (Å²) in [6.07, 6.45) is -4.67. The first-order chi connectivity index (χ1) is 15.2. The number of alkyl halides is 3. The Hall–Kier alpha value is -3.62. The van der Waals surface area contributed by atoms with E-state index in [1.165, 1.54) is 4.90 Å². The fourth-order valence-electron chi connectivity index (χ4n) is 3.36. The predicted molar refractivity (Wildman–Crippen MR) is 119 cm³/mol. The molecule has 0 atom stereocenters. The molecular formula is C23H23F3N6. The number of anilines is 2. The lowest BCUT2D eigenvalue weighted by atomic mass is 10.1. The Morgan fingerprint density at radius 3 is 2.22 bits per heavy atom. The van der Waals surface area contributed by atoms with Crippen LogP contribution in [-0.4, -0.2) is 33.6 Å². The molecule has 6 nitrogen and oxygen atoms in total. The molecule has 4 aromatic rings. The van der Waals surface area contributed by atoms with Gasteiger partial charge in [0, 0.05) is 20.6 Å². The van der Waals surface area contributed by atoms with Crippen molar-refractivity contribution in [2.75, 3.05) is 24.3 Å². The van der Waals surface area contributed by atoms with Crippen LogP contribution in [0.1, 0.15) is 22.5 Å². The van der Waals surface area contributed by atoms with Gasteiger partial charge >= 0.3 is 6.18 Å². The van der Waals surface area contributed by atoms with Crippen LogP contribution in [0, 0.1) is 6.92 Å². The summed E-state index contributed by atoms with van der Waals surface area (Å²) in [5, 5.41) is 3.26. The lowest BCUT2D eigenvalue weighted by Crippen LogP contribution is -2.18. The van der Waals surface area contributed by atoms with Crippen molar-refractivity contribution >= 4 is 22.9 Å². The summed E-state index contributed by atoms with van der Waals surface area (Å²) < 4.78 is 42.3. The van der Waals surface area contributed by atoms with Crippen LogP contribution in [0.3, 0.4) is 0 Å². The molecule has 0 aliphatic rings. The van der Waals surface area contributed by atoms with Crippen LogP contribution in [0.4, 0.5) is 24.9 Å². The van der Waals surface area contributed by atoms with E-state index in [2.05, 4.69) is 20.3 Å². The normalized spacial score (nSPS) is 11.7. The molecule has 0 unspecified atom stereocenters. The summed E-state index contributed by atoms with van der Waals surface area (Å²) in [5.74, 6) is -0.637. The third-order valence-corrected chi connectivity index (χ3v) is 5.01. The van der Waals surface area contributed by atoms with Gasteiger partial charge in [-0.3, -0.25) is 4.57 Å². The molecule has 0 bridgehead atoms. The van der Waals surface area contributed by atoms with Crippen molar-refractivity contribution in [1.29, 1.82) is 0 Å². The van der Waals surface area contributed by atoms with Crippen LogP contribution < -0.4 is 10.2 Å². The third kappa shape index (κ3) is 4.51. The second kappa shape index (κ2) is 8.49. The highest BCUT2D eigenvalue weighted by Gasteiger charge is 2.37. The smallest absolute Gasteiger partial charge is 0.361 e. The number of hydrogen-bond donors (Lipinski definition) is 1. The van der Waals surface area contributed by atoms with Gasteiger partial charge in [-0.2, -0.15) is 13.2 Å².